The monoisotopic (exact) mass is 548 g/mol. The zero-order valence-corrected chi connectivity index (χ0v) is 21.6. The first-order valence-corrected chi connectivity index (χ1v) is 12.3. The van der Waals surface area contributed by atoms with Crippen molar-refractivity contribution in [2.45, 2.75) is 50.7 Å². The smallest absolute Gasteiger partial charge is 0.278 e. The number of nitrogens with one attached hydrogen (secondary N) is 2. The third kappa shape index (κ3) is 5.69. The summed E-state index contributed by atoms with van der Waals surface area (Å²) in [6.45, 7) is 2.57. The molecule has 1 saturated carbocycles. The molecular formula is C25H27ClF2N6O4. The molecule has 202 valence electrons. The van der Waals surface area contributed by atoms with Gasteiger partial charge < -0.3 is 20.1 Å². The highest BCUT2D eigenvalue weighted by atomic mass is 35.5. The highest BCUT2D eigenvalue weighted by molar-refractivity contribution is 6.34. The maximum absolute atomic E-state index is 13.6. The van der Waals surface area contributed by atoms with Gasteiger partial charge >= 0.3 is 0 Å². The molecule has 0 saturated heterocycles. The number of aromatic nitrogens is 4. The Morgan fingerprint density at radius 1 is 1.24 bits per heavy atom. The van der Waals surface area contributed by atoms with E-state index in [2.05, 4.69) is 32.2 Å². The van der Waals surface area contributed by atoms with Crippen LogP contribution < -0.4 is 25.7 Å². The van der Waals surface area contributed by atoms with Gasteiger partial charge in [0.2, 0.25) is 11.9 Å². The molecule has 1 fully saturated rings. The molecule has 0 spiro atoms. The fourth-order valence-electron chi connectivity index (χ4n) is 4.48. The summed E-state index contributed by atoms with van der Waals surface area (Å²) >= 11 is 6.45. The van der Waals surface area contributed by atoms with Crippen molar-refractivity contribution in [2.75, 3.05) is 19.5 Å². The maximum atomic E-state index is 13.6. The Hall–Kier alpha value is -3.80. The molecule has 10 nitrogen and oxygen atoms in total. The second kappa shape index (κ2) is 11.7. The Labute approximate surface area is 222 Å². The summed E-state index contributed by atoms with van der Waals surface area (Å²) in [4.78, 5) is 38.4. The van der Waals surface area contributed by atoms with Crippen molar-refractivity contribution in [3.63, 3.8) is 0 Å². The highest BCUT2D eigenvalue weighted by Crippen LogP contribution is 2.37. The molecule has 1 aromatic carbocycles. The van der Waals surface area contributed by atoms with Crippen LogP contribution in [-0.2, 0) is 11.3 Å². The first kappa shape index (κ1) is 27.2. The van der Waals surface area contributed by atoms with Gasteiger partial charge in [0.05, 0.1) is 32.0 Å². The summed E-state index contributed by atoms with van der Waals surface area (Å²) < 4.78 is 38.6. The highest BCUT2D eigenvalue weighted by Gasteiger charge is 2.27. The SMILES string of the molecule is C=CC(=O)NC1CCCCC1Nc1ncc2nc(-c3cc(OC)cc(OC)c3Cl)c(=O)n(CC(F)F)c2n1. The minimum Gasteiger partial charge on any atom is -0.497 e. The Morgan fingerprint density at radius 2 is 1.97 bits per heavy atom. The van der Waals surface area contributed by atoms with Crippen LogP contribution in [0.15, 0.2) is 35.8 Å². The Morgan fingerprint density at radius 3 is 2.63 bits per heavy atom. The molecule has 2 heterocycles. The van der Waals surface area contributed by atoms with Crippen molar-refractivity contribution in [3.05, 3.63) is 46.4 Å². The number of ether oxygens (including phenoxy) is 2. The molecule has 0 aliphatic heterocycles. The number of hydrogen-bond acceptors (Lipinski definition) is 8. The third-order valence-corrected chi connectivity index (χ3v) is 6.71. The third-order valence-electron chi connectivity index (χ3n) is 6.32. The Bertz CT molecular complexity index is 1420. The summed E-state index contributed by atoms with van der Waals surface area (Å²) in [6.07, 6.45) is 3.06. The van der Waals surface area contributed by atoms with Gasteiger partial charge in [0.1, 0.15) is 22.7 Å². The predicted molar refractivity (Wildman–Crippen MR) is 139 cm³/mol. The summed E-state index contributed by atoms with van der Waals surface area (Å²) in [7, 11) is 2.83. The van der Waals surface area contributed by atoms with E-state index >= 15 is 0 Å². The van der Waals surface area contributed by atoms with E-state index in [1.807, 2.05) is 0 Å². The van der Waals surface area contributed by atoms with Gasteiger partial charge in [-0.25, -0.2) is 18.7 Å². The summed E-state index contributed by atoms with van der Waals surface area (Å²) in [6, 6.07) is 2.62. The Balaban J connectivity index is 1.80. The average Bonchev–Trinajstić information content (AvgIpc) is 2.91. The number of halogens is 3. The van der Waals surface area contributed by atoms with Gasteiger partial charge in [-0.3, -0.25) is 14.2 Å². The molecular weight excluding hydrogens is 522 g/mol. The first-order valence-electron chi connectivity index (χ1n) is 11.9. The first-order chi connectivity index (χ1) is 18.2. The normalized spacial score (nSPS) is 17.3. The van der Waals surface area contributed by atoms with Crippen LogP contribution in [0.1, 0.15) is 25.7 Å². The van der Waals surface area contributed by atoms with E-state index in [9.17, 15) is 18.4 Å². The van der Waals surface area contributed by atoms with Crippen molar-refractivity contribution in [1.29, 1.82) is 0 Å². The molecule has 2 unspecified atom stereocenters. The van der Waals surface area contributed by atoms with Crippen LogP contribution in [0.25, 0.3) is 22.4 Å². The predicted octanol–water partition coefficient (Wildman–Crippen LogP) is 3.81. The number of methoxy groups -OCH3 is 2. The van der Waals surface area contributed by atoms with Gasteiger partial charge in [-0.15, -0.1) is 0 Å². The van der Waals surface area contributed by atoms with Crippen molar-refractivity contribution < 1.29 is 23.0 Å². The van der Waals surface area contributed by atoms with Gasteiger partial charge in [-0.2, -0.15) is 4.98 Å². The molecule has 13 heteroatoms. The van der Waals surface area contributed by atoms with Gasteiger partial charge in [0, 0.05) is 23.7 Å². The van der Waals surface area contributed by atoms with Gasteiger partial charge in [-0.05, 0) is 25.0 Å². The van der Waals surface area contributed by atoms with Crippen LogP contribution in [0, 0.1) is 0 Å². The van der Waals surface area contributed by atoms with Crippen LogP contribution in [0.2, 0.25) is 5.02 Å². The largest absolute Gasteiger partial charge is 0.497 e. The fourth-order valence-corrected chi connectivity index (χ4v) is 4.76. The number of nitrogens with zero attached hydrogens (tertiary/aromatic N) is 4. The second-order valence-electron chi connectivity index (χ2n) is 8.72. The van der Waals surface area contributed by atoms with E-state index in [4.69, 9.17) is 21.1 Å². The molecule has 38 heavy (non-hydrogen) atoms. The van der Waals surface area contributed by atoms with E-state index in [0.29, 0.717) is 5.75 Å². The molecule has 2 aromatic heterocycles. The van der Waals surface area contributed by atoms with Crippen LogP contribution >= 0.6 is 11.6 Å². The lowest BCUT2D eigenvalue weighted by atomic mass is 9.90. The topological polar surface area (TPSA) is 120 Å². The quantitative estimate of drug-likeness (QED) is 0.387. The van der Waals surface area contributed by atoms with Gasteiger partial charge in [0.15, 0.2) is 5.65 Å². The number of fused-ring (bicyclic) bond motifs is 1. The fraction of sp³-hybridized carbons (Fsp3) is 0.400. The minimum absolute atomic E-state index is 0.0648. The van der Waals surface area contributed by atoms with Crippen LogP contribution in [-0.4, -0.2) is 58.2 Å². The van der Waals surface area contributed by atoms with E-state index in [1.54, 1.807) is 0 Å². The second-order valence-corrected chi connectivity index (χ2v) is 9.09. The number of rotatable bonds is 9. The van der Waals surface area contributed by atoms with Crippen molar-refractivity contribution in [1.82, 2.24) is 24.8 Å². The number of alkyl halides is 2. The lowest BCUT2D eigenvalue weighted by molar-refractivity contribution is -0.117. The summed E-state index contributed by atoms with van der Waals surface area (Å²) in [5.74, 6) is 0.396. The van der Waals surface area contributed by atoms with E-state index in [-0.39, 0.29) is 57.1 Å². The lowest BCUT2D eigenvalue weighted by Gasteiger charge is -2.32. The molecule has 0 bridgehead atoms. The van der Waals surface area contributed by atoms with Crippen LogP contribution in [0.5, 0.6) is 11.5 Å². The van der Waals surface area contributed by atoms with Crippen LogP contribution in [0.4, 0.5) is 14.7 Å². The van der Waals surface area contributed by atoms with Gasteiger partial charge in [-0.1, -0.05) is 31.0 Å². The summed E-state index contributed by atoms with van der Waals surface area (Å²) in [5, 5.41) is 6.15. The number of benzene rings is 1. The number of anilines is 1. The van der Waals surface area contributed by atoms with Crippen molar-refractivity contribution in [2.24, 2.45) is 0 Å². The zero-order valence-electron chi connectivity index (χ0n) is 20.8. The number of amides is 1. The molecule has 1 aliphatic rings. The zero-order chi connectivity index (χ0) is 27.4. The van der Waals surface area contributed by atoms with E-state index < -0.39 is 18.5 Å². The molecule has 3 aromatic rings. The number of carbonyl (C=O) groups is 1. The maximum Gasteiger partial charge on any atom is 0.278 e. The standard InChI is InChI=1S/C25H27ClF2N6O4/c1-4-20(35)30-15-7-5-6-8-16(15)32-25-29-11-17-23(33-25)34(12-19(27)28)24(36)22(31-17)14-9-13(37-2)10-18(38-3)21(14)26/h4,9-11,15-16,19H,1,5-8,12H2,2-3H3,(H,30,35)(H,29,32,33). The van der Waals surface area contributed by atoms with E-state index in [1.165, 1.54) is 38.6 Å². The Kier molecular flexibility index (Phi) is 8.40. The van der Waals surface area contributed by atoms with Crippen LogP contribution in [0.3, 0.4) is 0 Å². The molecule has 1 aliphatic carbocycles. The van der Waals surface area contributed by atoms with Gasteiger partial charge in [0.25, 0.3) is 12.0 Å². The minimum atomic E-state index is -2.84. The average molecular weight is 549 g/mol. The number of hydrogen-bond donors (Lipinski definition) is 2. The molecule has 4 rings (SSSR count). The number of carbonyl (C=O) groups excluding carboxylic acids is 1. The molecule has 0 radical (unpaired) electrons. The van der Waals surface area contributed by atoms with Crippen molar-refractivity contribution >= 4 is 34.6 Å². The molecule has 1 amide bonds. The van der Waals surface area contributed by atoms with E-state index in [0.717, 1.165) is 30.3 Å². The van der Waals surface area contributed by atoms with Crippen molar-refractivity contribution in [3.8, 4) is 22.8 Å². The molecule has 2 N–H and O–H groups in total. The molecule has 2 atom stereocenters. The summed E-state index contributed by atoms with van der Waals surface area (Å²) in [5.41, 5.74) is -0.783. The lowest BCUT2D eigenvalue weighted by Crippen LogP contribution is -2.48.